The zero-order valence-corrected chi connectivity index (χ0v) is 9.83. The summed E-state index contributed by atoms with van der Waals surface area (Å²) in [5, 5.41) is 2.95. The predicted octanol–water partition coefficient (Wildman–Crippen LogP) is 0.324. The van der Waals surface area contributed by atoms with Crippen LogP contribution in [0.25, 0.3) is 0 Å². The molecule has 4 nitrogen and oxygen atoms in total. The molecule has 1 heterocycles. The summed E-state index contributed by atoms with van der Waals surface area (Å²) >= 11 is 0. The van der Waals surface area contributed by atoms with Crippen LogP contribution in [0.1, 0.15) is 33.1 Å². The van der Waals surface area contributed by atoms with Crippen molar-refractivity contribution in [3.05, 3.63) is 0 Å². The van der Waals surface area contributed by atoms with Crippen LogP contribution in [0.3, 0.4) is 0 Å². The Kier molecular flexibility index (Phi) is 5.05. The van der Waals surface area contributed by atoms with Crippen LogP contribution in [0.2, 0.25) is 0 Å². The van der Waals surface area contributed by atoms with Crippen LogP contribution in [-0.2, 0) is 4.79 Å². The van der Waals surface area contributed by atoms with Crippen molar-refractivity contribution in [2.45, 2.75) is 45.2 Å². The molecule has 15 heavy (non-hydrogen) atoms. The van der Waals surface area contributed by atoms with E-state index in [-0.39, 0.29) is 11.9 Å². The van der Waals surface area contributed by atoms with Crippen LogP contribution < -0.4 is 11.1 Å². The Morgan fingerprint density at radius 2 is 2.40 bits per heavy atom. The molecular formula is C11H23N3O. The number of nitrogens with one attached hydrogen (secondary N) is 1. The van der Waals surface area contributed by atoms with Crippen LogP contribution >= 0.6 is 0 Å². The first-order valence-corrected chi connectivity index (χ1v) is 5.94. The Morgan fingerprint density at radius 1 is 1.67 bits per heavy atom. The molecule has 0 radical (unpaired) electrons. The molecule has 88 valence electrons. The molecule has 0 bridgehead atoms. The van der Waals surface area contributed by atoms with E-state index in [1.807, 2.05) is 0 Å². The molecule has 1 aliphatic rings. The van der Waals surface area contributed by atoms with Crippen molar-refractivity contribution in [3.8, 4) is 0 Å². The number of rotatable bonds is 4. The lowest BCUT2D eigenvalue weighted by atomic mass is 10.1. The van der Waals surface area contributed by atoms with Gasteiger partial charge in [-0.1, -0.05) is 6.92 Å². The molecule has 1 fully saturated rings. The summed E-state index contributed by atoms with van der Waals surface area (Å²) in [7, 11) is 0. The SMILES string of the molecule is CCC(C)N1CCCNC(=O)C1CCN. The van der Waals surface area contributed by atoms with Gasteiger partial charge >= 0.3 is 0 Å². The Labute approximate surface area is 92.2 Å². The van der Waals surface area contributed by atoms with Crippen molar-refractivity contribution in [1.29, 1.82) is 0 Å². The number of hydrogen-bond acceptors (Lipinski definition) is 3. The number of carbonyl (C=O) groups is 1. The number of hydrogen-bond donors (Lipinski definition) is 2. The Balaban J connectivity index is 2.72. The highest BCUT2D eigenvalue weighted by molar-refractivity contribution is 5.82. The van der Waals surface area contributed by atoms with Crippen LogP contribution in [0.4, 0.5) is 0 Å². The summed E-state index contributed by atoms with van der Waals surface area (Å²) in [6.45, 7) is 6.71. The molecule has 3 N–H and O–H groups in total. The second-order valence-corrected chi connectivity index (χ2v) is 4.23. The minimum absolute atomic E-state index is 0.0209. The Bertz CT molecular complexity index is 208. The third-order valence-corrected chi connectivity index (χ3v) is 3.19. The van der Waals surface area contributed by atoms with Gasteiger partial charge in [-0.15, -0.1) is 0 Å². The van der Waals surface area contributed by atoms with Gasteiger partial charge in [0.2, 0.25) is 5.91 Å². The number of amides is 1. The molecule has 0 aromatic rings. The van der Waals surface area contributed by atoms with E-state index >= 15 is 0 Å². The first kappa shape index (κ1) is 12.5. The molecule has 1 rings (SSSR count). The average molecular weight is 213 g/mol. The maximum Gasteiger partial charge on any atom is 0.237 e. The predicted molar refractivity (Wildman–Crippen MR) is 61.5 cm³/mol. The Hall–Kier alpha value is -0.610. The van der Waals surface area contributed by atoms with Crippen molar-refractivity contribution >= 4 is 5.91 Å². The molecule has 1 saturated heterocycles. The van der Waals surface area contributed by atoms with E-state index < -0.39 is 0 Å². The average Bonchev–Trinajstić information content (AvgIpc) is 2.42. The summed E-state index contributed by atoms with van der Waals surface area (Å²) in [5.41, 5.74) is 5.57. The van der Waals surface area contributed by atoms with Crippen molar-refractivity contribution in [2.24, 2.45) is 5.73 Å². The third-order valence-electron chi connectivity index (χ3n) is 3.19. The molecule has 2 unspecified atom stereocenters. The van der Waals surface area contributed by atoms with Gasteiger partial charge in [-0.2, -0.15) is 0 Å². The lowest BCUT2D eigenvalue weighted by molar-refractivity contribution is -0.126. The van der Waals surface area contributed by atoms with Crippen molar-refractivity contribution in [1.82, 2.24) is 10.2 Å². The van der Waals surface area contributed by atoms with Gasteiger partial charge in [-0.3, -0.25) is 9.69 Å². The van der Waals surface area contributed by atoms with Crippen molar-refractivity contribution in [2.75, 3.05) is 19.6 Å². The van der Waals surface area contributed by atoms with Crippen LogP contribution in [0.15, 0.2) is 0 Å². The highest BCUT2D eigenvalue weighted by atomic mass is 16.2. The lowest BCUT2D eigenvalue weighted by Gasteiger charge is -2.33. The van der Waals surface area contributed by atoms with Crippen molar-refractivity contribution < 1.29 is 4.79 Å². The molecule has 1 amide bonds. The topological polar surface area (TPSA) is 58.4 Å². The molecule has 0 aliphatic carbocycles. The molecular weight excluding hydrogens is 190 g/mol. The van der Waals surface area contributed by atoms with Gasteiger partial charge in [0.05, 0.1) is 6.04 Å². The van der Waals surface area contributed by atoms with Gasteiger partial charge in [0, 0.05) is 19.1 Å². The van der Waals surface area contributed by atoms with Crippen LogP contribution in [0.5, 0.6) is 0 Å². The fraction of sp³-hybridized carbons (Fsp3) is 0.909. The van der Waals surface area contributed by atoms with Crippen molar-refractivity contribution in [3.63, 3.8) is 0 Å². The summed E-state index contributed by atoms with van der Waals surface area (Å²) in [6.07, 6.45) is 2.88. The highest BCUT2D eigenvalue weighted by Gasteiger charge is 2.29. The van der Waals surface area contributed by atoms with Gasteiger partial charge in [0.25, 0.3) is 0 Å². The largest absolute Gasteiger partial charge is 0.355 e. The van der Waals surface area contributed by atoms with E-state index in [0.717, 1.165) is 32.4 Å². The summed E-state index contributed by atoms with van der Waals surface area (Å²) < 4.78 is 0. The molecule has 4 heteroatoms. The van der Waals surface area contributed by atoms with Gasteiger partial charge in [-0.05, 0) is 32.7 Å². The molecule has 0 aromatic heterocycles. The van der Waals surface area contributed by atoms with Crippen LogP contribution in [-0.4, -0.2) is 42.5 Å². The van der Waals surface area contributed by atoms with E-state index in [1.165, 1.54) is 0 Å². The zero-order chi connectivity index (χ0) is 11.3. The monoisotopic (exact) mass is 213 g/mol. The molecule has 0 saturated carbocycles. The maximum absolute atomic E-state index is 11.8. The second-order valence-electron chi connectivity index (χ2n) is 4.23. The van der Waals surface area contributed by atoms with E-state index in [0.29, 0.717) is 12.6 Å². The second kappa shape index (κ2) is 6.08. The summed E-state index contributed by atoms with van der Waals surface area (Å²) in [6, 6.07) is 0.442. The molecule has 0 spiro atoms. The van der Waals surface area contributed by atoms with Crippen LogP contribution in [0, 0.1) is 0 Å². The quantitative estimate of drug-likeness (QED) is 0.707. The van der Waals surface area contributed by atoms with Gasteiger partial charge < -0.3 is 11.1 Å². The first-order chi connectivity index (χ1) is 7.20. The zero-order valence-electron chi connectivity index (χ0n) is 9.83. The number of nitrogens with zero attached hydrogens (tertiary/aromatic N) is 1. The van der Waals surface area contributed by atoms with Gasteiger partial charge in [-0.25, -0.2) is 0 Å². The maximum atomic E-state index is 11.8. The standard InChI is InChI=1S/C11H23N3O/c1-3-9(2)14-8-4-7-13-11(15)10(14)5-6-12/h9-10H,3-8,12H2,1-2H3,(H,13,15). The Morgan fingerprint density at radius 3 is 3.00 bits per heavy atom. The first-order valence-electron chi connectivity index (χ1n) is 5.94. The number of nitrogens with two attached hydrogens (primary N) is 1. The third kappa shape index (κ3) is 3.18. The highest BCUT2D eigenvalue weighted by Crippen LogP contribution is 2.14. The normalized spacial score (nSPS) is 25.8. The van der Waals surface area contributed by atoms with Gasteiger partial charge in [0.1, 0.15) is 0 Å². The minimum Gasteiger partial charge on any atom is -0.355 e. The molecule has 0 aromatic carbocycles. The van der Waals surface area contributed by atoms with E-state index in [4.69, 9.17) is 5.73 Å². The smallest absolute Gasteiger partial charge is 0.237 e. The fourth-order valence-electron chi connectivity index (χ4n) is 2.11. The summed E-state index contributed by atoms with van der Waals surface area (Å²) in [5.74, 6) is 0.151. The van der Waals surface area contributed by atoms with E-state index in [9.17, 15) is 4.79 Å². The molecule has 1 aliphatic heterocycles. The van der Waals surface area contributed by atoms with E-state index in [2.05, 4.69) is 24.1 Å². The molecule has 2 atom stereocenters. The fourth-order valence-corrected chi connectivity index (χ4v) is 2.11. The van der Waals surface area contributed by atoms with E-state index in [1.54, 1.807) is 0 Å². The summed E-state index contributed by atoms with van der Waals surface area (Å²) in [4.78, 5) is 14.1. The lowest BCUT2D eigenvalue weighted by Crippen LogP contribution is -2.48. The number of carbonyl (C=O) groups excluding carboxylic acids is 1. The minimum atomic E-state index is -0.0209. The van der Waals surface area contributed by atoms with Gasteiger partial charge in [0.15, 0.2) is 0 Å².